The van der Waals surface area contributed by atoms with E-state index in [9.17, 15) is 0 Å². The van der Waals surface area contributed by atoms with Crippen molar-refractivity contribution in [1.29, 1.82) is 0 Å². The maximum Gasteiger partial charge on any atom is 0.0594 e. The first-order valence-corrected chi connectivity index (χ1v) is 5.50. The fourth-order valence-electron chi connectivity index (χ4n) is 1.30. The standard InChI is InChI=1S/C8H17NO.C3H8/c1-8(2)7-9-3-5-10-6-4-9;1-3-2/h8H,3-7H2,1-2H3;3H2,1-2H3. The molecule has 0 unspecified atom stereocenters. The smallest absolute Gasteiger partial charge is 0.0594 e. The first-order chi connectivity index (χ1) is 6.20. The zero-order chi connectivity index (χ0) is 10.1. The molecule has 1 rings (SSSR count). The lowest BCUT2D eigenvalue weighted by Gasteiger charge is -2.27. The monoisotopic (exact) mass is 187 g/mol. The maximum atomic E-state index is 5.24. The van der Waals surface area contributed by atoms with Crippen LogP contribution in [0, 0.1) is 5.92 Å². The molecule has 1 saturated heterocycles. The van der Waals surface area contributed by atoms with Crippen LogP contribution >= 0.6 is 0 Å². The summed E-state index contributed by atoms with van der Waals surface area (Å²) in [6.07, 6.45) is 1.25. The van der Waals surface area contributed by atoms with Gasteiger partial charge in [-0.05, 0) is 5.92 Å². The summed E-state index contributed by atoms with van der Waals surface area (Å²) < 4.78 is 5.24. The molecule has 0 radical (unpaired) electrons. The largest absolute Gasteiger partial charge is 0.379 e. The van der Waals surface area contributed by atoms with Crippen LogP contribution in [0.5, 0.6) is 0 Å². The second-order valence-electron chi connectivity index (χ2n) is 4.01. The van der Waals surface area contributed by atoms with E-state index in [-0.39, 0.29) is 0 Å². The summed E-state index contributed by atoms with van der Waals surface area (Å²) in [7, 11) is 0. The second-order valence-corrected chi connectivity index (χ2v) is 4.01. The molecule has 0 atom stereocenters. The molecule has 13 heavy (non-hydrogen) atoms. The minimum atomic E-state index is 0.790. The Labute approximate surface area is 83.3 Å². The molecule has 2 heteroatoms. The van der Waals surface area contributed by atoms with Crippen molar-refractivity contribution >= 4 is 0 Å². The van der Waals surface area contributed by atoms with Crippen LogP contribution in [-0.4, -0.2) is 37.7 Å². The van der Waals surface area contributed by atoms with Gasteiger partial charge in [-0.2, -0.15) is 0 Å². The predicted molar refractivity (Wildman–Crippen MR) is 58.1 cm³/mol. The van der Waals surface area contributed by atoms with E-state index in [0.29, 0.717) is 0 Å². The van der Waals surface area contributed by atoms with Gasteiger partial charge in [-0.1, -0.05) is 34.1 Å². The molecule has 0 saturated carbocycles. The lowest BCUT2D eigenvalue weighted by molar-refractivity contribution is 0.0329. The SMILES string of the molecule is CC(C)CN1CCOCC1.CCC. The highest BCUT2D eigenvalue weighted by Gasteiger charge is 2.10. The third-order valence-electron chi connectivity index (χ3n) is 1.73. The van der Waals surface area contributed by atoms with Gasteiger partial charge in [-0.25, -0.2) is 0 Å². The summed E-state index contributed by atoms with van der Waals surface area (Å²) >= 11 is 0. The maximum absolute atomic E-state index is 5.24. The Balaban J connectivity index is 0.000000424. The Morgan fingerprint density at radius 1 is 1.15 bits per heavy atom. The van der Waals surface area contributed by atoms with Crippen LogP contribution in [0.25, 0.3) is 0 Å². The number of ether oxygens (including phenoxy) is 1. The molecule has 0 aliphatic carbocycles. The van der Waals surface area contributed by atoms with E-state index in [2.05, 4.69) is 32.6 Å². The Kier molecular flexibility index (Phi) is 8.46. The van der Waals surface area contributed by atoms with Crippen molar-refractivity contribution < 1.29 is 4.74 Å². The topological polar surface area (TPSA) is 12.5 Å². The highest BCUT2D eigenvalue weighted by molar-refractivity contribution is 4.62. The summed E-state index contributed by atoms with van der Waals surface area (Å²) in [5.41, 5.74) is 0. The van der Waals surface area contributed by atoms with Crippen LogP contribution in [0.1, 0.15) is 34.1 Å². The summed E-state index contributed by atoms with van der Waals surface area (Å²) in [6.45, 7) is 14.1. The van der Waals surface area contributed by atoms with Gasteiger partial charge in [-0.15, -0.1) is 0 Å². The van der Waals surface area contributed by atoms with Gasteiger partial charge >= 0.3 is 0 Å². The van der Waals surface area contributed by atoms with Gasteiger partial charge in [0.05, 0.1) is 13.2 Å². The second kappa shape index (κ2) is 8.52. The van der Waals surface area contributed by atoms with E-state index in [4.69, 9.17) is 4.74 Å². The van der Waals surface area contributed by atoms with Crippen molar-refractivity contribution in [3.05, 3.63) is 0 Å². The van der Waals surface area contributed by atoms with E-state index in [0.717, 1.165) is 32.2 Å². The minimum Gasteiger partial charge on any atom is -0.379 e. The van der Waals surface area contributed by atoms with Crippen molar-refractivity contribution in [2.24, 2.45) is 5.92 Å². The third-order valence-corrected chi connectivity index (χ3v) is 1.73. The van der Waals surface area contributed by atoms with Gasteiger partial charge in [0.25, 0.3) is 0 Å². The van der Waals surface area contributed by atoms with Crippen molar-refractivity contribution in [2.45, 2.75) is 34.1 Å². The van der Waals surface area contributed by atoms with Crippen molar-refractivity contribution in [1.82, 2.24) is 4.90 Å². The number of hydrogen-bond acceptors (Lipinski definition) is 2. The minimum absolute atomic E-state index is 0.790. The van der Waals surface area contributed by atoms with Crippen molar-refractivity contribution in [2.75, 3.05) is 32.8 Å². The molecule has 80 valence electrons. The van der Waals surface area contributed by atoms with Crippen LogP contribution in [0.15, 0.2) is 0 Å². The molecule has 0 N–H and O–H groups in total. The molecule has 1 aliphatic heterocycles. The lowest BCUT2D eigenvalue weighted by atomic mass is 10.2. The fourth-order valence-corrected chi connectivity index (χ4v) is 1.30. The molecule has 0 amide bonds. The summed E-state index contributed by atoms with van der Waals surface area (Å²) in [5, 5.41) is 0. The molecule has 1 fully saturated rings. The van der Waals surface area contributed by atoms with Crippen LogP contribution in [-0.2, 0) is 4.74 Å². The number of hydrogen-bond donors (Lipinski definition) is 0. The van der Waals surface area contributed by atoms with Gasteiger partial charge in [0.1, 0.15) is 0 Å². The van der Waals surface area contributed by atoms with Crippen LogP contribution in [0.4, 0.5) is 0 Å². The van der Waals surface area contributed by atoms with Gasteiger partial charge in [-0.3, -0.25) is 4.90 Å². The number of morpholine rings is 1. The van der Waals surface area contributed by atoms with Gasteiger partial charge in [0.15, 0.2) is 0 Å². The van der Waals surface area contributed by atoms with E-state index < -0.39 is 0 Å². The zero-order valence-electron chi connectivity index (χ0n) is 9.68. The van der Waals surface area contributed by atoms with E-state index in [1.54, 1.807) is 0 Å². The molecular weight excluding hydrogens is 162 g/mol. The zero-order valence-corrected chi connectivity index (χ0v) is 9.68. The Bertz CT molecular complexity index is 98.3. The Morgan fingerprint density at radius 2 is 1.62 bits per heavy atom. The molecule has 1 aliphatic rings. The summed E-state index contributed by atoms with van der Waals surface area (Å²) in [5.74, 6) is 0.790. The fraction of sp³-hybridized carbons (Fsp3) is 1.00. The van der Waals surface area contributed by atoms with Crippen LogP contribution in [0.2, 0.25) is 0 Å². The van der Waals surface area contributed by atoms with E-state index in [1.165, 1.54) is 13.0 Å². The van der Waals surface area contributed by atoms with Crippen LogP contribution in [0.3, 0.4) is 0 Å². The van der Waals surface area contributed by atoms with Gasteiger partial charge in [0, 0.05) is 19.6 Å². The lowest BCUT2D eigenvalue weighted by Crippen LogP contribution is -2.38. The molecule has 2 nitrogen and oxygen atoms in total. The van der Waals surface area contributed by atoms with Gasteiger partial charge in [0.2, 0.25) is 0 Å². The van der Waals surface area contributed by atoms with Crippen molar-refractivity contribution in [3.63, 3.8) is 0 Å². The third kappa shape index (κ3) is 8.26. The predicted octanol–water partition coefficient (Wildman–Crippen LogP) is 2.39. The first kappa shape index (κ1) is 12.9. The quantitative estimate of drug-likeness (QED) is 0.658. The van der Waals surface area contributed by atoms with E-state index >= 15 is 0 Å². The number of rotatable bonds is 2. The first-order valence-electron chi connectivity index (χ1n) is 5.50. The molecule has 1 heterocycles. The number of nitrogens with zero attached hydrogens (tertiary/aromatic N) is 1. The molecule has 0 bridgehead atoms. The molecule has 0 aromatic heterocycles. The molecular formula is C11H25NO. The van der Waals surface area contributed by atoms with Gasteiger partial charge < -0.3 is 4.74 Å². The average Bonchev–Trinajstić information content (AvgIpc) is 2.06. The summed E-state index contributed by atoms with van der Waals surface area (Å²) in [6, 6.07) is 0. The average molecular weight is 187 g/mol. The normalized spacial score (nSPS) is 18.2. The highest BCUT2D eigenvalue weighted by atomic mass is 16.5. The Morgan fingerprint density at radius 3 is 2.00 bits per heavy atom. The van der Waals surface area contributed by atoms with Crippen molar-refractivity contribution in [3.8, 4) is 0 Å². The molecule has 0 aromatic rings. The molecule has 0 aromatic carbocycles. The summed E-state index contributed by atoms with van der Waals surface area (Å²) in [4.78, 5) is 2.47. The highest BCUT2D eigenvalue weighted by Crippen LogP contribution is 2.01. The molecule has 0 spiro atoms. The Hall–Kier alpha value is -0.0800. The van der Waals surface area contributed by atoms with Crippen LogP contribution < -0.4 is 0 Å². The van der Waals surface area contributed by atoms with E-state index in [1.807, 2.05) is 0 Å².